The number of likely N-dealkylation sites (tertiary alicyclic amines) is 2. The van der Waals surface area contributed by atoms with Crippen LogP contribution in [0.3, 0.4) is 0 Å². The molecule has 6 nitrogen and oxygen atoms in total. The lowest BCUT2D eigenvalue weighted by Gasteiger charge is -2.40. The van der Waals surface area contributed by atoms with E-state index in [9.17, 15) is 14.7 Å². The van der Waals surface area contributed by atoms with Crippen LogP contribution in [0.5, 0.6) is 0 Å². The van der Waals surface area contributed by atoms with Crippen molar-refractivity contribution in [2.24, 2.45) is 0 Å². The van der Waals surface area contributed by atoms with Crippen molar-refractivity contribution in [1.82, 2.24) is 15.1 Å². The lowest BCUT2D eigenvalue weighted by Crippen LogP contribution is -2.52. The maximum Gasteiger partial charge on any atom is 0.236 e. The second-order valence-corrected chi connectivity index (χ2v) is 6.65. The van der Waals surface area contributed by atoms with E-state index >= 15 is 0 Å². The molecule has 1 unspecified atom stereocenters. The number of nitrogens with one attached hydrogen (secondary N) is 1. The van der Waals surface area contributed by atoms with Crippen LogP contribution in [0, 0.1) is 0 Å². The standard InChI is InChI=1S/C16H29N3O3/c1-17-14(20)6-8-16(22)7-5-9-18(13-16)12-15(21)19-10-3-2-4-11-19/h22H,2-13H2,1H3,(H,17,20). The molecule has 2 aliphatic rings. The summed E-state index contributed by atoms with van der Waals surface area (Å²) in [7, 11) is 1.61. The van der Waals surface area contributed by atoms with Crippen LogP contribution >= 0.6 is 0 Å². The third-order valence-corrected chi connectivity index (χ3v) is 4.80. The molecule has 2 rings (SSSR count). The normalized spacial score (nSPS) is 26.7. The molecule has 1 atom stereocenters. The summed E-state index contributed by atoms with van der Waals surface area (Å²) in [5.41, 5.74) is -0.840. The van der Waals surface area contributed by atoms with Gasteiger partial charge in [-0.05, 0) is 45.1 Å². The Hall–Kier alpha value is -1.14. The number of carbonyl (C=O) groups excluding carboxylic acids is 2. The van der Waals surface area contributed by atoms with Crippen molar-refractivity contribution in [3.05, 3.63) is 0 Å². The van der Waals surface area contributed by atoms with Crippen molar-refractivity contribution in [3.8, 4) is 0 Å². The van der Waals surface area contributed by atoms with E-state index in [-0.39, 0.29) is 11.8 Å². The number of piperidine rings is 2. The van der Waals surface area contributed by atoms with Gasteiger partial charge < -0.3 is 15.3 Å². The van der Waals surface area contributed by atoms with Crippen LogP contribution in [0.4, 0.5) is 0 Å². The first-order chi connectivity index (χ1) is 10.5. The number of hydrogen-bond donors (Lipinski definition) is 2. The SMILES string of the molecule is CNC(=O)CCC1(O)CCCN(CC(=O)N2CCCCC2)C1. The summed E-state index contributed by atoms with van der Waals surface area (Å²) in [5, 5.41) is 13.2. The van der Waals surface area contributed by atoms with E-state index in [2.05, 4.69) is 5.32 Å². The number of amides is 2. The minimum Gasteiger partial charge on any atom is -0.389 e. The van der Waals surface area contributed by atoms with E-state index in [1.165, 1.54) is 6.42 Å². The molecule has 2 N–H and O–H groups in total. The minimum absolute atomic E-state index is 0.0464. The minimum atomic E-state index is -0.840. The molecule has 6 heteroatoms. The highest BCUT2D eigenvalue weighted by Gasteiger charge is 2.34. The van der Waals surface area contributed by atoms with Gasteiger partial charge >= 0.3 is 0 Å². The summed E-state index contributed by atoms with van der Waals surface area (Å²) in [5.74, 6) is 0.130. The van der Waals surface area contributed by atoms with E-state index in [0.717, 1.165) is 38.9 Å². The van der Waals surface area contributed by atoms with Gasteiger partial charge in [-0.25, -0.2) is 0 Å². The molecule has 0 saturated carbocycles. The maximum absolute atomic E-state index is 12.3. The summed E-state index contributed by atoms with van der Waals surface area (Å²) < 4.78 is 0. The predicted molar refractivity (Wildman–Crippen MR) is 84.4 cm³/mol. The van der Waals surface area contributed by atoms with Crippen LogP contribution in [-0.2, 0) is 9.59 Å². The zero-order valence-corrected chi connectivity index (χ0v) is 13.6. The zero-order chi connectivity index (χ0) is 16.0. The van der Waals surface area contributed by atoms with Gasteiger partial charge in [0.15, 0.2) is 0 Å². The second-order valence-electron chi connectivity index (χ2n) is 6.65. The van der Waals surface area contributed by atoms with Crippen molar-refractivity contribution in [2.45, 2.75) is 50.5 Å². The molecular formula is C16H29N3O3. The van der Waals surface area contributed by atoms with Crippen LogP contribution in [0.2, 0.25) is 0 Å². The fraction of sp³-hybridized carbons (Fsp3) is 0.875. The molecule has 0 aromatic rings. The molecule has 0 aromatic heterocycles. The Bertz CT molecular complexity index is 396. The second kappa shape index (κ2) is 7.92. The molecule has 2 amide bonds. The molecule has 0 aliphatic carbocycles. The summed E-state index contributed by atoms with van der Waals surface area (Å²) in [4.78, 5) is 27.7. The van der Waals surface area contributed by atoms with Gasteiger partial charge in [-0.3, -0.25) is 14.5 Å². The Balaban J connectivity index is 1.81. The molecular weight excluding hydrogens is 282 g/mol. The Labute approximate surface area is 132 Å². The predicted octanol–water partition coefficient (Wildman–Crippen LogP) is 0.352. The molecule has 22 heavy (non-hydrogen) atoms. The van der Waals surface area contributed by atoms with Crippen molar-refractivity contribution in [1.29, 1.82) is 0 Å². The average molecular weight is 311 g/mol. The summed E-state index contributed by atoms with van der Waals surface area (Å²) in [6.07, 6.45) is 5.79. The summed E-state index contributed by atoms with van der Waals surface area (Å²) in [6.45, 7) is 3.47. The molecule has 0 aromatic carbocycles. The smallest absolute Gasteiger partial charge is 0.236 e. The summed E-state index contributed by atoms with van der Waals surface area (Å²) >= 11 is 0. The monoisotopic (exact) mass is 311 g/mol. The van der Waals surface area contributed by atoms with Crippen molar-refractivity contribution < 1.29 is 14.7 Å². The van der Waals surface area contributed by atoms with Crippen molar-refractivity contribution >= 4 is 11.8 Å². The first kappa shape index (κ1) is 17.2. The van der Waals surface area contributed by atoms with Gasteiger partial charge in [0.25, 0.3) is 0 Å². The Morgan fingerprint density at radius 2 is 1.86 bits per heavy atom. The highest BCUT2D eigenvalue weighted by molar-refractivity contribution is 5.78. The third-order valence-electron chi connectivity index (χ3n) is 4.80. The first-order valence-corrected chi connectivity index (χ1v) is 8.45. The first-order valence-electron chi connectivity index (χ1n) is 8.45. The van der Waals surface area contributed by atoms with Crippen LogP contribution in [0.25, 0.3) is 0 Å². The number of β-amino-alcohol motifs (C(OH)–C–C–N with tert-alkyl or cyclic N) is 1. The Morgan fingerprint density at radius 1 is 1.14 bits per heavy atom. The van der Waals surface area contributed by atoms with E-state index in [1.54, 1.807) is 7.05 Å². The fourth-order valence-electron chi connectivity index (χ4n) is 3.45. The van der Waals surface area contributed by atoms with Gasteiger partial charge in [0.05, 0.1) is 12.1 Å². The van der Waals surface area contributed by atoms with Gasteiger partial charge in [0, 0.05) is 33.1 Å². The molecule has 0 bridgehead atoms. The van der Waals surface area contributed by atoms with E-state index in [0.29, 0.717) is 32.4 Å². The van der Waals surface area contributed by atoms with Gasteiger partial charge in [0.1, 0.15) is 0 Å². The van der Waals surface area contributed by atoms with Crippen molar-refractivity contribution in [3.63, 3.8) is 0 Å². The number of rotatable bonds is 5. The van der Waals surface area contributed by atoms with Gasteiger partial charge in [-0.1, -0.05) is 0 Å². The summed E-state index contributed by atoms with van der Waals surface area (Å²) in [6, 6.07) is 0. The van der Waals surface area contributed by atoms with E-state index in [4.69, 9.17) is 0 Å². The van der Waals surface area contributed by atoms with Crippen LogP contribution in [-0.4, -0.2) is 72.1 Å². The van der Waals surface area contributed by atoms with Crippen molar-refractivity contribution in [2.75, 3.05) is 39.8 Å². The maximum atomic E-state index is 12.3. The molecule has 126 valence electrons. The zero-order valence-electron chi connectivity index (χ0n) is 13.6. The number of aliphatic hydroxyl groups is 1. The molecule has 2 saturated heterocycles. The largest absolute Gasteiger partial charge is 0.389 e. The molecule has 2 heterocycles. The fourth-order valence-corrected chi connectivity index (χ4v) is 3.45. The average Bonchev–Trinajstić information content (AvgIpc) is 2.53. The lowest BCUT2D eigenvalue weighted by molar-refractivity contribution is -0.135. The number of hydrogen-bond acceptors (Lipinski definition) is 4. The molecule has 0 radical (unpaired) electrons. The van der Waals surface area contributed by atoms with E-state index < -0.39 is 5.60 Å². The van der Waals surface area contributed by atoms with Crippen LogP contribution in [0.15, 0.2) is 0 Å². The highest BCUT2D eigenvalue weighted by atomic mass is 16.3. The highest BCUT2D eigenvalue weighted by Crippen LogP contribution is 2.26. The molecule has 0 spiro atoms. The van der Waals surface area contributed by atoms with Crippen LogP contribution in [0.1, 0.15) is 44.9 Å². The van der Waals surface area contributed by atoms with Gasteiger partial charge in [-0.2, -0.15) is 0 Å². The number of carbonyl (C=O) groups is 2. The van der Waals surface area contributed by atoms with Gasteiger partial charge in [0.2, 0.25) is 11.8 Å². The number of nitrogens with zero attached hydrogens (tertiary/aromatic N) is 2. The topological polar surface area (TPSA) is 72.9 Å². The third kappa shape index (κ3) is 4.95. The quantitative estimate of drug-likeness (QED) is 0.768. The van der Waals surface area contributed by atoms with E-state index in [1.807, 2.05) is 9.80 Å². The Kier molecular flexibility index (Phi) is 6.20. The van der Waals surface area contributed by atoms with Gasteiger partial charge in [-0.15, -0.1) is 0 Å². The molecule has 2 aliphatic heterocycles. The Morgan fingerprint density at radius 3 is 2.55 bits per heavy atom. The lowest BCUT2D eigenvalue weighted by atomic mass is 9.88. The van der Waals surface area contributed by atoms with Crippen LogP contribution < -0.4 is 5.32 Å². The molecule has 2 fully saturated rings.